The van der Waals surface area contributed by atoms with Crippen molar-refractivity contribution >= 4 is 5.91 Å². The number of halogens is 17. The Morgan fingerprint density at radius 3 is 1.34 bits per heavy atom. The summed E-state index contributed by atoms with van der Waals surface area (Å²) in [5, 5.41) is -2.33. The van der Waals surface area contributed by atoms with Gasteiger partial charge >= 0.3 is 47.6 Å². The molecule has 0 fully saturated rings. The van der Waals surface area contributed by atoms with Gasteiger partial charge in [-0.05, 0) is 5.29 Å². The topological polar surface area (TPSA) is 98.7 Å². The SMILES string of the molecule is C[N+](C)(C)CCCON(F)C(=O)C(F)(F)C(F)(F)C(F)(F)C(F)(F)C(F)(F)C(F)(F)C(F)(F)F.[O-][I+2]([O-])[O-]. The van der Waals surface area contributed by atoms with Gasteiger partial charge in [-0.15, -0.1) is 0 Å². The zero-order chi connectivity index (χ0) is 31.6. The van der Waals surface area contributed by atoms with E-state index in [0.29, 0.717) is 0 Å². The maximum atomic E-state index is 13.6. The first kappa shape index (κ1) is 39.0. The van der Waals surface area contributed by atoms with Crippen molar-refractivity contribution in [2.24, 2.45) is 0 Å². The van der Waals surface area contributed by atoms with Crippen LogP contribution in [0.25, 0.3) is 0 Å². The van der Waals surface area contributed by atoms with Gasteiger partial charge in [-0.3, -0.25) is 4.79 Å². The Morgan fingerprint density at radius 1 is 0.711 bits per heavy atom. The maximum Gasteiger partial charge on any atom is 0.460 e. The molecule has 0 heterocycles. The van der Waals surface area contributed by atoms with Crippen LogP contribution >= 0.6 is 0 Å². The molecule has 0 aromatic carbocycles. The average Bonchev–Trinajstić information content (AvgIpc) is 2.67. The number of amides is 1. The minimum atomic E-state index is -8.57. The number of hydrogen-bond acceptors (Lipinski definition) is 5. The highest BCUT2D eigenvalue weighted by atomic mass is 127. The Morgan fingerprint density at radius 2 is 1.03 bits per heavy atom. The molecule has 0 spiro atoms. The minimum Gasteiger partial charge on any atom is -0.427 e. The molecule has 0 aliphatic heterocycles. The van der Waals surface area contributed by atoms with E-state index in [-0.39, 0.29) is 17.4 Å². The second kappa shape index (κ2) is 12.2. The number of nitrogens with zero attached hydrogens (tertiary/aromatic N) is 2. The van der Waals surface area contributed by atoms with Gasteiger partial charge in [-0.2, -0.15) is 65.9 Å². The molecule has 0 N–H and O–H groups in total. The van der Waals surface area contributed by atoms with E-state index < -0.39 is 80.6 Å². The summed E-state index contributed by atoms with van der Waals surface area (Å²) in [5.41, 5.74) is 0. The van der Waals surface area contributed by atoms with Crippen LogP contribution in [0, 0.1) is 0 Å². The third-order valence-electron chi connectivity index (χ3n) is 3.93. The summed E-state index contributed by atoms with van der Waals surface area (Å²) >= 11 is -4.01. The average molecular weight is 722 g/mol. The van der Waals surface area contributed by atoms with Gasteiger partial charge in [0.1, 0.15) is 0 Å². The first-order chi connectivity index (χ1) is 16.3. The fourth-order valence-electron chi connectivity index (χ4n) is 1.95. The first-order valence-electron chi connectivity index (χ1n) is 8.77. The molecule has 0 aliphatic carbocycles. The third-order valence-corrected chi connectivity index (χ3v) is 3.93. The molecule has 0 atom stereocenters. The van der Waals surface area contributed by atoms with Gasteiger partial charge in [-0.25, -0.2) is 4.84 Å². The van der Waals surface area contributed by atoms with Crippen LogP contribution in [0.4, 0.5) is 70.3 Å². The molecule has 0 radical (unpaired) electrons. The summed E-state index contributed by atoms with van der Waals surface area (Å²) < 4.78 is 234. The number of quaternary nitrogens is 1. The quantitative estimate of drug-likeness (QED) is 0.0650. The van der Waals surface area contributed by atoms with Crippen molar-refractivity contribution in [2.45, 2.75) is 48.1 Å². The van der Waals surface area contributed by atoms with Crippen molar-refractivity contribution in [3.05, 3.63) is 0 Å². The molecule has 230 valence electrons. The summed E-state index contributed by atoms with van der Waals surface area (Å²) in [7, 11) is 4.56. The monoisotopic (exact) mass is 722 g/mol. The fourth-order valence-corrected chi connectivity index (χ4v) is 1.95. The summed E-state index contributed by atoms with van der Waals surface area (Å²) in [5.74, 6) is -53.4. The highest BCUT2D eigenvalue weighted by Gasteiger charge is 2.94. The predicted molar refractivity (Wildman–Crippen MR) is 77.2 cm³/mol. The van der Waals surface area contributed by atoms with Crippen LogP contribution < -0.4 is 31.4 Å². The van der Waals surface area contributed by atoms with Crippen molar-refractivity contribution in [1.29, 1.82) is 0 Å². The Balaban J connectivity index is 0. The van der Waals surface area contributed by atoms with Gasteiger partial charge in [0.15, 0.2) is 0 Å². The summed E-state index contributed by atoms with van der Waals surface area (Å²) in [6.45, 7) is -1.04. The molecule has 0 saturated carbocycles. The van der Waals surface area contributed by atoms with Gasteiger partial charge in [-0.1, -0.05) is 4.48 Å². The summed E-state index contributed by atoms with van der Waals surface area (Å²) in [6, 6.07) is 0. The van der Waals surface area contributed by atoms with Crippen LogP contribution in [0.5, 0.6) is 0 Å². The Hall–Kier alpha value is -1.12. The van der Waals surface area contributed by atoms with E-state index in [0.717, 1.165) is 0 Å². The standard InChI is InChI=1S/C14H15F16N2O2.IO3/c1-32(2,3)5-4-6-34-31(30)7(33)8(15,16)9(17,18)10(19,20)11(21,22)12(23,24)13(25,26)14(27,28)29;2-1(3)4/h4-6H2,1-3H3;/q+1;-1. The van der Waals surface area contributed by atoms with E-state index >= 15 is 0 Å². The van der Waals surface area contributed by atoms with Crippen LogP contribution in [-0.4, -0.2) is 91.7 Å². The number of hydrogen-bond donors (Lipinski definition) is 0. The number of alkyl halides is 15. The first-order valence-corrected chi connectivity index (χ1v) is 11.4. The van der Waals surface area contributed by atoms with Crippen molar-refractivity contribution in [1.82, 2.24) is 5.29 Å². The van der Waals surface area contributed by atoms with Gasteiger partial charge in [0.05, 0.1) is 34.3 Å². The van der Waals surface area contributed by atoms with Crippen LogP contribution in [0.2, 0.25) is 0 Å². The molecular weight excluding hydrogens is 707 g/mol. The molecule has 0 aromatic rings. The molecule has 0 aliphatic rings. The zero-order valence-corrected chi connectivity index (χ0v) is 20.6. The van der Waals surface area contributed by atoms with E-state index in [1.807, 2.05) is 0 Å². The molecule has 0 saturated heterocycles. The normalized spacial score (nSPS) is 14.8. The van der Waals surface area contributed by atoms with Gasteiger partial charge < -0.3 is 14.8 Å². The van der Waals surface area contributed by atoms with Gasteiger partial charge in [0, 0.05) is 6.42 Å². The lowest BCUT2D eigenvalue weighted by atomic mass is 9.91. The Kier molecular flexibility index (Phi) is 12.5. The number of rotatable bonds is 11. The molecule has 1 amide bonds. The van der Waals surface area contributed by atoms with E-state index in [2.05, 4.69) is 4.84 Å². The molecule has 0 rings (SSSR count). The van der Waals surface area contributed by atoms with Crippen molar-refractivity contribution < 1.29 is 116 Å². The molecule has 0 unspecified atom stereocenters. The zero-order valence-electron chi connectivity index (χ0n) is 18.5. The minimum absolute atomic E-state index is 0.0430. The number of hydroxylamine groups is 1. The molecule has 24 heteroatoms. The van der Waals surface area contributed by atoms with E-state index in [1.165, 1.54) is 21.1 Å². The van der Waals surface area contributed by atoms with Gasteiger partial charge in [0.25, 0.3) is 21.1 Å². The van der Waals surface area contributed by atoms with Crippen LogP contribution in [0.15, 0.2) is 0 Å². The molecular formula is C14H15F16IN2O5. The molecule has 0 aromatic heterocycles. The molecule has 38 heavy (non-hydrogen) atoms. The lowest BCUT2D eigenvalue weighted by Crippen LogP contribution is -4.05. The number of carbonyl (C=O) groups excluding carboxylic acids is 1. The van der Waals surface area contributed by atoms with Crippen LogP contribution in [0.1, 0.15) is 6.42 Å². The molecule has 0 bridgehead atoms. The van der Waals surface area contributed by atoms with E-state index in [1.54, 1.807) is 0 Å². The van der Waals surface area contributed by atoms with Crippen molar-refractivity contribution in [3.63, 3.8) is 0 Å². The summed E-state index contributed by atoms with van der Waals surface area (Å²) in [4.78, 5) is 14.7. The molecule has 7 nitrogen and oxygen atoms in total. The predicted octanol–water partition coefficient (Wildman–Crippen LogP) is -1.46. The smallest absolute Gasteiger partial charge is 0.427 e. The van der Waals surface area contributed by atoms with Crippen molar-refractivity contribution in [3.8, 4) is 0 Å². The lowest BCUT2D eigenvalue weighted by Gasteiger charge is -2.41. The largest absolute Gasteiger partial charge is 0.460 e. The maximum absolute atomic E-state index is 13.6. The van der Waals surface area contributed by atoms with E-state index in [9.17, 15) is 75.1 Å². The highest BCUT2D eigenvalue weighted by molar-refractivity contribution is 5.83. The lowest BCUT2D eigenvalue weighted by molar-refractivity contribution is -1.73. The van der Waals surface area contributed by atoms with Gasteiger partial charge in [0.2, 0.25) is 0 Å². The second-order valence-corrected chi connectivity index (χ2v) is 8.96. The third kappa shape index (κ3) is 7.97. The van der Waals surface area contributed by atoms with Crippen LogP contribution in [0.3, 0.4) is 0 Å². The van der Waals surface area contributed by atoms with Crippen molar-refractivity contribution in [2.75, 3.05) is 34.3 Å². The number of carbonyl (C=O) groups is 1. The Labute approximate surface area is 210 Å². The van der Waals surface area contributed by atoms with E-state index in [4.69, 9.17) is 10.3 Å². The fraction of sp³-hybridized carbons (Fsp3) is 0.929. The second-order valence-electron chi connectivity index (χ2n) is 7.88. The Bertz CT molecular complexity index is 785. The highest BCUT2D eigenvalue weighted by Crippen LogP contribution is 2.62. The van der Waals surface area contributed by atoms with Crippen LogP contribution in [-0.2, 0) is 9.63 Å². The summed E-state index contributed by atoms with van der Waals surface area (Å²) in [6.07, 6.45) is -8.06.